The van der Waals surface area contributed by atoms with Crippen LogP contribution in [0.5, 0.6) is 5.75 Å². The molecule has 3 nitrogen and oxygen atoms in total. The van der Waals surface area contributed by atoms with Gasteiger partial charge in [-0.05, 0) is 48.7 Å². The van der Waals surface area contributed by atoms with Crippen LogP contribution in [0, 0.1) is 5.92 Å². The maximum atomic E-state index is 5.64. The lowest BCUT2D eigenvalue weighted by molar-refractivity contribution is -0.671. The van der Waals surface area contributed by atoms with E-state index in [1.54, 1.807) is 13.4 Å². The molecule has 0 fully saturated rings. The van der Waals surface area contributed by atoms with E-state index in [2.05, 4.69) is 37.4 Å². The summed E-state index contributed by atoms with van der Waals surface area (Å²) in [7, 11) is 1.70. The fourth-order valence-corrected chi connectivity index (χ4v) is 2.84. The highest BCUT2D eigenvalue weighted by atomic mass is 16.5. The van der Waals surface area contributed by atoms with Gasteiger partial charge in [-0.1, -0.05) is 20.3 Å². The van der Waals surface area contributed by atoms with E-state index in [1.165, 1.54) is 18.4 Å². The second kappa shape index (κ2) is 9.41. The summed E-state index contributed by atoms with van der Waals surface area (Å²) in [6, 6.07) is 12.4. The Hall–Kier alpha value is -1.74. The highest BCUT2D eigenvalue weighted by Crippen LogP contribution is 2.26. The van der Waals surface area contributed by atoms with Gasteiger partial charge in [0, 0.05) is 17.9 Å². The van der Waals surface area contributed by atoms with Gasteiger partial charge in [0.15, 0.2) is 0 Å². The van der Waals surface area contributed by atoms with Crippen LogP contribution in [0.3, 0.4) is 0 Å². The summed E-state index contributed by atoms with van der Waals surface area (Å²) in [5.74, 6) is 3.35. The quantitative estimate of drug-likeness (QED) is 0.674. The summed E-state index contributed by atoms with van der Waals surface area (Å²) in [5.41, 5.74) is 1.34. The first-order valence-electron chi connectivity index (χ1n) is 8.67. The van der Waals surface area contributed by atoms with Gasteiger partial charge in [0.05, 0.1) is 19.9 Å². The van der Waals surface area contributed by atoms with Gasteiger partial charge in [0.2, 0.25) is 0 Å². The molecule has 0 unspecified atom stereocenters. The molecule has 1 aromatic carbocycles. The van der Waals surface area contributed by atoms with E-state index in [-0.39, 0.29) is 0 Å². The van der Waals surface area contributed by atoms with Crippen LogP contribution in [0.4, 0.5) is 0 Å². The zero-order valence-corrected chi connectivity index (χ0v) is 14.6. The minimum Gasteiger partial charge on any atom is -0.497 e. The van der Waals surface area contributed by atoms with Gasteiger partial charge in [-0.2, -0.15) is 0 Å². The van der Waals surface area contributed by atoms with Crippen LogP contribution in [0.2, 0.25) is 0 Å². The third-order valence-electron chi connectivity index (χ3n) is 4.30. The molecule has 0 saturated carbocycles. The van der Waals surface area contributed by atoms with Crippen molar-refractivity contribution in [2.45, 2.75) is 45.6 Å². The molecule has 0 aliphatic rings. The third kappa shape index (κ3) is 6.11. The maximum Gasteiger partial charge on any atom is 0.118 e. The molecular weight excluding hydrogens is 286 g/mol. The topological polar surface area (TPSA) is 39.0 Å². The Morgan fingerprint density at radius 3 is 2.43 bits per heavy atom. The van der Waals surface area contributed by atoms with Gasteiger partial charge < -0.3 is 14.5 Å². The van der Waals surface area contributed by atoms with Crippen LogP contribution < -0.4 is 10.1 Å². The second-order valence-electron chi connectivity index (χ2n) is 6.60. The van der Waals surface area contributed by atoms with Crippen LogP contribution in [0.1, 0.15) is 50.4 Å². The Kier molecular flexibility index (Phi) is 7.21. The smallest absolute Gasteiger partial charge is 0.118 e. The highest BCUT2D eigenvalue weighted by Gasteiger charge is 2.15. The number of rotatable bonds is 10. The van der Waals surface area contributed by atoms with Crippen molar-refractivity contribution in [2.24, 2.45) is 5.92 Å². The Morgan fingerprint density at radius 2 is 1.83 bits per heavy atom. The van der Waals surface area contributed by atoms with Crippen LogP contribution in [-0.4, -0.2) is 13.7 Å². The molecule has 2 rings (SSSR count). The Balaban J connectivity index is 1.76. The summed E-state index contributed by atoms with van der Waals surface area (Å²) in [6.07, 6.45) is 5.42. The largest absolute Gasteiger partial charge is 0.497 e. The minimum atomic E-state index is 0.541. The Bertz CT molecular complexity index is 531. The summed E-state index contributed by atoms with van der Waals surface area (Å²) in [5, 5.41) is 2.38. The summed E-state index contributed by atoms with van der Waals surface area (Å²) in [6.45, 7) is 6.71. The molecule has 3 heteroatoms. The second-order valence-corrected chi connectivity index (χ2v) is 6.60. The van der Waals surface area contributed by atoms with Gasteiger partial charge in [-0.15, -0.1) is 0 Å². The molecular formula is C20H30NO2+. The first-order valence-corrected chi connectivity index (χ1v) is 8.67. The van der Waals surface area contributed by atoms with Crippen molar-refractivity contribution in [3.8, 4) is 5.75 Å². The van der Waals surface area contributed by atoms with Gasteiger partial charge in [-0.25, -0.2) is 0 Å². The number of quaternary nitrogens is 1. The van der Waals surface area contributed by atoms with Crippen molar-refractivity contribution >= 4 is 0 Å². The summed E-state index contributed by atoms with van der Waals surface area (Å²) in [4.78, 5) is 0. The lowest BCUT2D eigenvalue weighted by atomic mass is 9.93. The van der Waals surface area contributed by atoms with Crippen molar-refractivity contribution in [1.82, 2.24) is 0 Å². The Morgan fingerprint density at radius 1 is 1.04 bits per heavy atom. The predicted octanol–water partition coefficient (Wildman–Crippen LogP) is 3.96. The SMILES string of the molecule is COc1ccc(C[NH2+]CC[C@@H](CCC(C)C)c2ccco2)cc1. The highest BCUT2D eigenvalue weighted by molar-refractivity contribution is 5.26. The van der Waals surface area contributed by atoms with Crippen LogP contribution in [0.15, 0.2) is 47.1 Å². The molecule has 23 heavy (non-hydrogen) atoms. The minimum absolute atomic E-state index is 0.541. The normalized spacial score (nSPS) is 12.5. The van der Waals surface area contributed by atoms with Crippen LogP contribution in [0.25, 0.3) is 0 Å². The molecule has 1 atom stereocenters. The van der Waals surface area contributed by atoms with Crippen LogP contribution >= 0.6 is 0 Å². The van der Waals surface area contributed by atoms with E-state index in [0.29, 0.717) is 5.92 Å². The molecule has 0 saturated heterocycles. The van der Waals surface area contributed by atoms with E-state index in [0.717, 1.165) is 36.9 Å². The van der Waals surface area contributed by atoms with Gasteiger partial charge in [0.1, 0.15) is 18.1 Å². The summed E-state index contributed by atoms with van der Waals surface area (Å²) < 4.78 is 10.8. The number of furan rings is 1. The molecule has 0 spiro atoms. The maximum absolute atomic E-state index is 5.64. The zero-order chi connectivity index (χ0) is 16.5. The van der Waals surface area contributed by atoms with Gasteiger partial charge in [0.25, 0.3) is 0 Å². The number of benzene rings is 1. The molecule has 0 radical (unpaired) electrons. The molecule has 0 bridgehead atoms. The standard InChI is InChI=1S/C20H29NO2/c1-16(2)6-9-18(20-5-4-14-23-20)12-13-21-15-17-7-10-19(22-3)11-8-17/h4-5,7-8,10-11,14,16,18,21H,6,9,12-13,15H2,1-3H3/p+1/t18-/m1/s1. The number of methoxy groups -OCH3 is 1. The first kappa shape index (κ1) is 17.6. The van der Waals surface area contributed by atoms with E-state index in [1.807, 2.05) is 18.2 Å². The third-order valence-corrected chi connectivity index (χ3v) is 4.30. The molecule has 2 N–H and O–H groups in total. The summed E-state index contributed by atoms with van der Waals surface area (Å²) >= 11 is 0. The van der Waals surface area contributed by atoms with Gasteiger partial charge in [-0.3, -0.25) is 0 Å². The lowest BCUT2D eigenvalue weighted by Gasteiger charge is -2.15. The average molecular weight is 316 g/mol. The van der Waals surface area contributed by atoms with E-state index in [4.69, 9.17) is 9.15 Å². The Labute approximate surface area is 140 Å². The van der Waals surface area contributed by atoms with Gasteiger partial charge >= 0.3 is 0 Å². The zero-order valence-electron chi connectivity index (χ0n) is 14.6. The van der Waals surface area contributed by atoms with Crippen LogP contribution in [-0.2, 0) is 6.54 Å². The molecule has 126 valence electrons. The fourth-order valence-electron chi connectivity index (χ4n) is 2.84. The number of ether oxygens (including phenoxy) is 1. The predicted molar refractivity (Wildman–Crippen MR) is 93.6 cm³/mol. The van der Waals surface area contributed by atoms with Crippen molar-refractivity contribution in [3.63, 3.8) is 0 Å². The van der Waals surface area contributed by atoms with E-state index >= 15 is 0 Å². The van der Waals surface area contributed by atoms with Crippen molar-refractivity contribution in [2.75, 3.05) is 13.7 Å². The molecule has 0 amide bonds. The molecule has 0 aliphatic carbocycles. The molecule has 2 aromatic rings. The average Bonchev–Trinajstić information content (AvgIpc) is 3.09. The van der Waals surface area contributed by atoms with Crippen molar-refractivity contribution < 1.29 is 14.5 Å². The molecule has 0 aliphatic heterocycles. The van der Waals surface area contributed by atoms with Crippen molar-refractivity contribution in [1.29, 1.82) is 0 Å². The monoisotopic (exact) mass is 316 g/mol. The molecule has 1 heterocycles. The van der Waals surface area contributed by atoms with E-state index < -0.39 is 0 Å². The molecule has 1 aromatic heterocycles. The fraction of sp³-hybridized carbons (Fsp3) is 0.500. The number of nitrogens with two attached hydrogens (primary N) is 1. The first-order chi connectivity index (χ1) is 11.2. The lowest BCUT2D eigenvalue weighted by Crippen LogP contribution is -2.82. The van der Waals surface area contributed by atoms with E-state index in [9.17, 15) is 0 Å². The number of hydrogen-bond donors (Lipinski definition) is 1. The number of hydrogen-bond acceptors (Lipinski definition) is 2. The van der Waals surface area contributed by atoms with Crippen molar-refractivity contribution in [3.05, 3.63) is 54.0 Å².